The SMILES string of the molecule is COc1ccc(F)cc1-c1ccnc2[nH]c(C3=CCN(CC(=O)N4CC(O)C4)CC3)c(C#N)c12. The standard InChI is InChI=1S/C25H24FN5O3/c1-34-21-3-2-16(26)10-19(21)18-4-7-28-25-23(18)20(11-27)24(29-25)15-5-8-30(9-6-15)14-22(33)31-12-17(32)13-31/h2-5,7,10,17,32H,6,8-9,12-14H2,1H3,(H,28,29). The van der Waals surface area contributed by atoms with Crippen LogP contribution in [0.2, 0.25) is 0 Å². The maximum atomic E-state index is 14.1. The van der Waals surface area contributed by atoms with Crippen molar-refractivity contribution in [3.05, 3.63) is 53.6 Å². The van der Waals surface area contributed by atoms with Gasteiger partial charge in [0.15, 0.2) is 0 Å². The summed E-state index contributed by atoms with van der Waals surface area (Å²) in [4.78, 5) is 23.7. The van der Waals surface area contributed by atoms with Gasteiger partial charge in [-0.1, -0.05) is 6.08 Å². The molecule has 0 radical (unpaired) electrons. The monoisotopic (exact) mass is 461 g/mol. The fourth-order valence-electron chi connectivity index (χ4n) is 4.62. The van der Waals surface area contributed by atoms with Gasteiger partial charge in [0, 0.05) is 43.3 Å². The molecule has 1 aromatic carbocycles. The maximum Gasteiger partial charge on any atom is 0.236 e. The molecule has 0 unspecified atom stereocenters. The van der Waals surface area contributed by atoms with E-state index in [-0.39, 0.29) is 5.91 Å². The molecule has 0 spiro atoms. The Morgan fingerprint density at radius 1 is 1.35 bits per heavy atom. The van der Waals surface area contributed by atoms with E-state index in [2.05, 4.69) is 16.0 Å². The molecule has 0 bridgehead atoms. The molecule has 2 N–H and O–H groups in total. The molecule has 0 aliphatic carbocycles. The highest BCUT2D eigenvalue weighted by molar-refractivity contribution is 6.01. The van der Waals surface area contributed by atoms with Crippen LogP contribution >= 0.6 is 0 Å². The zero-order chi connectivity index (χ0) is 23.8. The average molecular weight is 461 g/mol. The number of aliphatic hydroxyl groups is 1. The number of ether oxygens (including phenoxy) is 1. The van der Waals surface area contributed by atoms with Crippen LogP contribution in [0.25, 0.3) is 27.7 Å². The van der Waals surface area contributed by atoms with Crippen LogP contribution in [0.5, 0.6) is 5.75 Å². The van der Waals surface area contributed by atoms with Crippen molar-refractivity contribution in [2.75, 3.05) is 39.8 Å². The second-order valence-corrected chi connectivity index (χ2v) is 8.58. The molecule has 2 aliphatic heterocycles. The van der Waals surface area contributed by atoms with Crippen molar-refractivity contribution in [3.8, 4) is 22.9 Å². The van der Waals surface area contributed by atoms with Crippen molar-refractivity contribution in [2.45, 2.75) is 12.5 Å². The van der Waals surface area contributed by atoms with E-state index in [0.717, 1.165) is 5.57 Å². The lowest BCUT2D eigenvalue weighted by atomic mass is 9.96. The van der Waals surface area contributed by atoms with Gasteiger partial charge in [-0.3, -0.25) is 9.69 Å². The normalized spacial score (nSPS) is 16.8. The van der Waals surface area contributed by atoms with Crippen LogP contribution in [0.3, 0.4) is 0 Å². The fraction of sp³-hybridized carbons (Fsp3) is 0.320. The van der Waals surface area contributed by atoms with Crippen LogP contribution in [-0.2, 0) is 4.79 Å². The van der Waals surface area contributed by atoms with Gasteiger partial charge < -0.3 is 19.7 Å². The minimum absolute atomic E-state index is 0.0170. The number of carbonyl (C=O) groups is 1. The molecule has 0 saturated carbocycles. The van der Waals surface area contributed by atoms with Crippen molar-refractivity contribution in [2.24, 2.45) is 0 Å². The summed E-state index contributed by atoms with van der Waals surface area (Å²) >= 11 is 0. The molecule has 34 heavy (non-hydrogen) atoms. The summed E-state index contributed by atoms with van der Waals surface area (Å²) in [5, 5.41) is 20.1. The third kappa shape index (κ3) is 3.91. The van der Waals surface area contributed by atoms with Crippen LogP contribution in [0.4, 0.5) is 4.39 Å². The van der Waals surface area contributed by atoms with Crippen molar-refractivity contribution in [1.82, 2.24) is 19.8 Å². The number of pyridine rings is 1. The van der Waals surface area contributed by atoms with Gasteiger partial charge in [0.2, 0.25) is 5.91 Å². The molecule has 2 aliphatic rings. The quantitative estimate of drug-likeness (QED) is 0.605. The summed E-state index contributed by atoms with van der Waals surface area (Å²) < 4.78 is 19.5. The Bertz CT molecular complexity index is 1340. The molecule has 1 fully saturated rings. The number of aromatic amines is 1. The first-order chi connectivity index (χ1) is 16.5. The molecule has 174 valence electrons. The van der Waals surface area contributed by atoms with Crippen LogP contribution in [0.15, 0.2) is 36.5 Å². The summed E-state index contributed by atoms with van der Waals surface area (Å²) in [5.41, 5.74) is 3.90. The average Bonchev–Trinajstić information content (AvgIpc) is 3.21. The molecular weight excluding hydrogens is 437 g/mol. The number of nitrogens with zero attached hydrogens (tertiary/aromatic N) is 4. The predicted octanol–water partition coefficient (Wildman–Crippen LogP) is 2.54. The van der Waals surface area contributed by atoms with Crippen molar-refractivity contribution in [3.63, 3.8) is 0 Å². The Morgan fingerprint density at radius 2 is 2.18 bits per heavy atom. The van der Waals surface area contributed by atoms with E-state index < -0.39 is 11.9 Å². The molecule has 1 amide bonds. The lowest BCUT2D eigenvalue weighted by molar-refractivity contribution is -0.142. The number of hydrogen-bond acceptors (Lipinski definition) is 6. The molecule has 2 aromatic heterocycles. The number of nitriles is 1. The largest absolute Gasteiger partial charge is 0.496 e. The van der Waals surface area contributed by atoms with Gasteiger partial charge in [-0.05, 0) is 41.8 Å². The molecule has 8 nitrogen and oxygen atoms in total. The highest BCUT2D eigenvalue weighted by Crippen LogP contribution is 2.39. The number of nitrogens with one attached hydrogen (secondary N) is 1. The third-order valence-corrected chi connectivity index (χ3v) is 6.45. The molecule has 1 saturated heterocycles. The predicted molar refractivity (Wildman–Crippen MR) is 124 cm³/mol. The minimum Gasteiger partial charge on any atom is -0.496 e. The van der Waals surface area contributed by atoms with E-state index in [1.54, 1.807) is 23.2 Å². The molecule has 0 atom stereocenters. The Morgan fingerprint density at radius 3 is 2.85 bits per heavy atom. The Hall–Kier alpha value is -3.74. The van der Waals surface area contributed by atoms with E-state index in [0.29, 0.717) is 78.3 Å². The van der Waals surface area contributed by atoms with Crippen LogP contribution in [-0.4, -0.2) is 76.7 Å². The van der Waals surface area contributed by atoms with Gasteiger partial charge in [0.25, 0.3) is 0 Å². The number of rotatable bonds is 5. The number of carbonyl (C=O) groups excluding carboxylic acids is 1. The number of benzene rings is 1. The summed E-state index contributed by atoms with van der Waals surface area (Å²) in [7, 11) is 1.52. The lowest BCUT2D eigenvalue weighted by Crippen LogP contribution is -2.56. The lowest BCUT2D eigenvalue weighted by Gasteiger charge is -2.37. The van der Waals surface area contributed by atoms with E-state index >= 15 is 0 Å². The van der Waals surface area contributed by atoms with Gasteiger partial charge >= 0.3 is 0 Å². The number of amides is 1. The number of aliphatic hydroxyl groups excluding tert-OH is 1. The van der Waals surface area contributed by atoms with Crippen LogP contribution < -0.4 is 4.74 Å². The molecule has 3 aromatic rings. The van der Waals surface area contributed by atoms with Gasteiger partial charge in [-0.15, -0.1) is 0 Å². The number of methoxy groups -OCH3 is 1. The summed E-state index contributed by atoms with van der Waals surface area (Å²) in [6, 6.07) is 8.37. The van der Waals surface area contributed by atoms with Gasteiger partial charge in [-0.2, -0.15) is 5.26 Å². The van der Waals surface area contributed by atoms with Crippen molar-refractivity contribution < 1.29 is 19.0 Å². The first-order valence-corrected chi connectivity index (χ1v) is 11.1. The first-order valence-electron chi connectivity index (χ1n) is 11.1. The Labute approximate surface area is 195 Å². The number of fused-ring (bicyclic) bond motifs is 1. The second kappa shape index (κ2) is 8.89. The summed E-state index contributed by atoms with van der Waals surface area (Å²) in [6.45, 7) is 2.36. The van der Waals surface area contributed by atoms with Gasteiger partial charge in [0.1, 0.15) is 23.3 Å². The number of aromatic nitrogens is 2. The van der Waals surface area contributed by atoms with E-state index in [1.807, 2.05) is 11.0 Å². The smallest absolute Gasteiger partial charge is 0.236 e. The van der Waals surface area contributed by atoms with Gasteiger partial charge in [-0.25, -0.2) is 9.37 Å². The number of halogens is 1. The highest BCUT2D eigenvalue weighted by Gasteiger charge is 2.30. The minimum atomic E-state index is -0.408. The zero-order valence-corrected chi connectivity index (χ0v) is 18.7. The number of hydrogen-bond donors (Lipinski definition) is 2. The number of β-amino-alcohol motifs (C(OH)–C–C–N with tert-alkyl or cyclic N) is 1. The van der Waals surface area contributed by atoms with Crippen molar-refractivity contribution in [1.29, 1.82) is 5.26 Å². The molecular formula is C25H24FN5O3. The van der Waals surface area contributed by atoms with Crippen molar-refractivity contribution >= 4 is 22.5 Å². The van der Waals surface area contributed by atoms with E-state index in [4.69, 9.17) is 4.74 Å². The topological polar surface area (TPSA) is 105 Å². The molecule has 5 rings (SSSR count). The first kappa shape index (κ1) is 22.1. The number of H-pyrrole nitrogens is 1. The van der Waals surface area contributed by atoms with Crippen LogP contribution in [0, 0.1) is 17.1 Å². The highest BCUT2D eigenvalue weighted by atomic mass is 19.1. The summed E-state index contributed by atoms with van der Waals surface area (Å²) in [6.07, 6.45) is 3.90. The Balaban J connectivity index is 1.46. The van der Waals surface area contributed by atoms with Crippen LogP contribution in [0.1, 0.15) is 17.7 Å². The molecule has 4 heterocycles. The fourth-order valence-corrected chi connectivity index (χ4v) is 4.62. The third-order valence-electron chi connectivity index (χ3n) is 6.45. The molecule has 9 heteroatoms. The second-order valence-electron chi connectivity index (χ2n) is 8.58. The van der Waals surface area contributed by atoms with Gasteiger partial charge in [0.05, 0.1) is 31.0 Å². The van der Waals surface area contributed by atoms with E-state index in [9.17, 15) is 19.6 Å². The number of likely N-dealkylation sites (tertiary alicyclic amines) is 1. The zero-order valence-electron chi connectivity index (χ0n) is 18.7. The van der Waals surface area contributed by atoms with E-state index in [1.165, 1.54) is 19.2 Å². The Kier molecular flexibility index (Phi) is 5.77. The summed E-state index contributed by atoms with van der Waals surface area (Å²) in [5.74, 6) is 0.128. The maximum absolute atomic E-state index is 14.1.